The maximum atomic E-state index is 10.9. The van der Waals surface area contributed by atoms with Gasteiger partial charge in [-0.25, -0.2) is 0 Å². The Morgan fingerprint density at radius 2 is 1.33 bits per heavy atom. The van der Waals surface area contributed by atoms with Crippen LogP contribution in [0.5, 0.6) is 0 Å². The fourth-order valence-electron chi connectivity index (χ4n) is 1.90. The van der Waals surface area contributed by atoms with E-state index in [4.69, 9.17) is 9.84 Å². The molecule has 0 saturated carbocycles. The first-order valence-corrected chi connectivity index (χ1v) is 7.79. The third-order valence-corrected chi connectivity index (χ3v) is 4.04. The number of hydrogen-bond donors (Lipinski definition) is 2. The summed E-state index contributed by atoms with van der Waals surface area (Å²) in [6.45, 7) is 12.5. The van der Waals surface area contributed by atoms with Crippen LogP contribution in [0, 0.1) is 10.8 Å². The first-order chi connectivity index (χ1) is 9.59. The minimum Gasteiger partial charge on any atom is -0.512 e. The molecule has 4 nitrogen and oxygen atoms in total. The molecular weight excluding hydrogens is 268 g/mol. The van der Waals surface area contributed by atoms with Gasteiger partial charge in [0.15, 0.2) is 0 Å². The van der Waals surface area contributed by atoms with E-state index in [0.29, 0.717) is 13.0 Å². The number of aliphatic hydroxyl groups is 1. The molecule has 124 valence electrons. The molecule has 4 heteroatoms. The molecule has 0 spiro atoms. The van der Waals surface area contributed by atoms with Gasteiger partial charge in [0.05, 0.1) is 11.2 Å². The van der Waals surface area contributed by atoms with Crippen LogP contribution in [-0.2, 0) is 9.53 Å². The molecule has 0 radical (unpaired) electrons. The van der Waals surface area contributed by atoms with Gasteiger partial charge in [0.25, 0.3) is 0 Å². The van der Waals surface area contributed by atoms with E-state index in [9.17, 15) is 9.90 Å². The number of carbonyl (C=O) groups is 1. The minimum atomic E-state index is -0.739. The number of aliphatic hydroxyl groups excluding tert-OH is 1. The maximum Gasteiger partial charge on any atom is 0.309 e. The highest BCUT2D eigenvalue weighted by Crippen LogP contribution is 2.29. The molecule has 21 heavy (non-hydrogen) atoms. The maximum absolute atomic E-state index is 10.9. The molecule has 0 rings (SSSR count). The quantitative estimate of drug-likeness (QED) is 0.410. The van der Waals surface area contributed by atoms with Crippen LogP contribution in [0.1, 0.15) is 66.2 Å². The average molecular weight is 300 g/mol. The molecule has 0 aromatic carbocycles. The van der Waals surface area contributed by atoms with Gasteiger partial charge in [0, 0.05) is 18.6 Å². The molecule has 0 atom stereocenters. The van der Waals surface area contributed by atoms with E-state index < -0.39 is 11.4 Å². The van der Waals surface area contributed by atoms with Crippen LogP contribution in [0.2, 0.25) is 0 Å². The predicted octanol–water partition coefficient (Wildman–Crippen LogP) is 4.55. The van der Waals surface area contributed by atoms with E-state index in [2.05, 4.69) is 6.58 Å². The van der Waals surface area contributed by atoms with Crippen LogP contribution in [0.25, 0.3) is 0 Å². The SMILES string of the molecule is C=C(O)C(C)(C)CCCCOCCCCC(C)(C)C(=O)O. The lowest BCUT2D eigenvalue weighted by atomic mass is 9.86. The Kier molecular flexibility index (Phi) is 8.64. The number of carboxylic acid groups (broad SMARTS) is 1. The van der Waals surface area contributed by atoms with Gasteiger partial charge >= 0.3 is 5.97 Å². The number of unbranched alkanes of at least 4 members (excludes halogenated alkanes) is 2. The Balaban J connectivity index is 3.50. The average Bonchev–Trinajstić information content (AvgIpc) is 2.36. The fraction of sp³-hybridized carbons (Fsp3) is 0.824. The Bertz CT molecular complexity index is 300. The Hall–Kier alpha value is -1.03. The van der Waals surface area contributed by atoms with Crippen molar-refractivity contribution in [2.24, 2.45) is 10.8 Å². The van der Waals surface area contributed by atoms with Crippen molar-refractivity contribution in [1.82, 2.24) is 0 Å². The zero-order valence-electron chi connectivity index (χ0n) is 14.1. The molecule has 0 aromatic rings. The summed E-state index contributed by atoms with van der Waals surface area (Å²) in [6.07, 6.45) is 5.32. The van der Waals surface area contributed by atoms with E-state index in [1.807, 2.05) is 13.8 Å². The van der Waals surface area contributed by atoms with E-state index in [1.54, 1.807) is 13.8 Å². The first kappa shape index (κ1) is 20.0. The highest BCUT2D eigenvalue weighted by Gasteiger charge is 2.25. The zero-order valence-corrected chi connectivity index (χ0v) is 14.1. The van der Waals surface area contributed by atoms with Gasteiger partial charge in [-0.05, 0) is 39.5 Å². The Morgan fingerprint density at radius 3 is 1.71 bits per heavy atom. The topological polar surface area (TPSA) is 66.8 Å². The summed E-state index contributed by atoms with van der Waals surface area (Å²) in [5.74, 6) is -0.499. The molecule has 0 aliphatic heterocycles. The number of aliphatic carboxylic acids is 1. The molecule has 0 amide bonds. The van der Waals surface area contributed by atoms with Crippen molar-refractivity contribution >= 4 is 5.97 Å². The van der Waals surface area contributed by atoms with Gasteiger partial charge in [-0.15, -0.1) is 0 Å². The number of allylic oxidation sites excluding steroid dienone is 1. The summed E-state index contributed by atoms with van der Waals surface area (Å²) in [4.78, 5) is 10.9. The van der Waals surface area contributed by atoms with Crippen LogP contribution in [-0.4, -0.2) is 29.4 Å². The van der Waals surface area contributed by atoms with Crippen molar-refractivity contribution in [2.75, 3.05) is 13.2 Å². The van der Waals surface area contributed by atoms with E-state index in [0.717, 1.165) is 38.7 Å². The fourth-order valence-corrected chi connectivity index (χ4v) is 1.90. The summed E-state index contributed by atoms with van der Waals surface area (Å²) in [5, 5.41) is 18.4. The van der Waals surface area contributed by atoms with Crippen molar-refractivity contribution in [3.8, 4) is 0 Å². The predicted molar refractivity (Wildman–Crippen MR) is 85.5 cm³/mol. The molecule has 0 fully saturated rings. The first-order valence-electron chi connectivity index (χ1n) is 7.79. The summed E-state index contributed by atoms with van der Waals surface area (Å²) in [6, 6.07) is 0. The van der Waals surface area contributed by atoms with E-state index >= 15 is 0 Å². The smallest absolute Gasteiger partial charge is 0.309 e. The Morgan fingerprint density at radius 1 is 0.905 bits per heavy atom. The second kappa shape index (κ2) is 9.08. The highest BCUT2D eigenvalue weighted by atomic mass is 16.5. The molecular formula is C17H32O4. The third kappa shape index (κ3) is 8.76. The number of rotatable bonds is 12. The second-order valence-electron chi connectivity index (χ2n) is 7.05. The summed E-state index contributed by atoms with van der Waals surface area (Å²) in [7, 11) is 0. The van der Waals surface area contributed by atoms with Gasteiger partial charge in [-0.3, -0.25) is 4.79 Å². The van der Waals surface area contributed by atoms with E-state index in [1.165, 1.54) is 0 Å². The minimum absolute atomic E-state index is 0.220. The summed E-state index contributed by atoms with van der Waals surface area (Å²) >= 11 is 0. The monoisotopic (exact) mass is 300 g/mol. The molecule has 0 unspecified atom stereocenters. The summed E-state index contributed by atoms with van der Waals surface area (Å²) in [5.41, 5.74) is -0.860. The van der Waals surface area contributed by atoms with E-state index in [-0.39, 0.29) is 11.2 Å². The molecule has 0 bridgehead atoms. The highest BCUT2D eigenvalue weighted by molar-refractivity contribution is 5.73. The van der Waals surface area contributed by atoms with Crippen molar-refractivity contribution < 1.29 is 19.7 Å². The van der Waals surface area contributed by atoms with Crippen molar-refractivity contribution in [2.45, 2.75) is 66.2 Å². The van der Waals surface area contributed by atoms with Gasteiger partial charge in [-0.1, -0.05) is 33.3 Å². The third-order valence-electron chi connectivity index (χ3n) is 4.04. The lowest BCUT2D eigenvalue weighted by Crippen LogP contribution is -2.23. The molecule has 0 aromatic heterocycles. The lowest BCUT2D eigenvalue weighted by Gasteiger charge is -2.22. The number of carboxylic acids is 1. The normalized spacial score (nSPS) is 12.4. The van der Waals surface area contributed by atoms with Gasteiger partial charge < -0.3 is 14.9 Å². The number of ether oxygens (including phenoxy) is 1. The zero-order chi connectivity index (χ0) is 16.5. The van der Waals surface area contributed by atoms with Crippen LogP contribution in [0.4, 0.5) is 0 Å². The van der Waals surface area contributed by atoms with Gasteiger partial charge in [0.1, 0.15) is 0 Å². The van der Waals surface area contributed by atoms with Crippen molar-refractivity contribution in [3.05, 3.63) is 12.3 Å². The van der Waals surface area contributed by atoms with Crippen LogP contribution in [0.15, 0.2) is 12.3 Å². The van der Waals surface area contributed by atoms with Crippen LogP contribution < -0.4 is 0 Å². The van der Waals surface area contributed by atoms with Gasteiger partial charge in [-0.2, -0.15) is 0 Å². The van der Waals surface area contributed by atoms with Crippen molar-refractivity contribution in [1.29, 1.82) is 0 Å². The standard InChI is InChI=1S/C17H32O4/c1-14(18)16(2,3)10-6-8-12-21-13-9-7-11-17(4,5)15(19)20/h18H,1,6-13H2,2-5H3,(H,19,20). The Labute approximate surface area is 129 Å². The second-order valence-corrected chi connectivity index (χ2v) is 7.05. The van der Waals surface area contributed by atoms with Crippen molar-refractivity contribution in [3.63, 3.8) is 0 Å². The number of hydrogen-bond acceptors (Lipinski definition) is 3. The van der Waals surface area contributed by atoms with Crippen LogP contribution >= 0.6 is 0 Å². The molecule has 0 aliphatic rings. The lowest BCUT2D eigenvalue weighted by molar-refractivity contribution is -0.147. The molecule has 0 heterocycles. The summed E-state index contributed by atoms with van der Waals surface area (Å²) < 4.78 is 5.55. The molecule has 0 saturated heterocycles. The largest absolute Gasteiger partial charge is 0.512 e. The molecule has 2 N–H and O–H groups in total. The van der Waals surface area contributed by atoms with Crippen LogP contribution in [0.3, 0.4) is 0 Å². The van der Waals surface area contributed by atoms with Gasteiger partial charge in [0.2, 0.25) is 0 Å². The molecule has 0 aliphatic carbocycles.